The van der Waals surface area contributed by atoms with Crippen molar-refractivity contribution in [1.29, 1.82) is 0 Å². The highest BCUT2D eigenvalue weighted by Gasteiger charge is 2.12. The fourth-order valence-corrected chi connectivity index (χ4v) is 3.67. The summed E-state index contributed by atoms with van der Waals surface area (Å²) < 4.78 is 7.22. The van der Waals surface area contributed by atoms with Crippen molar-refractivity contribution in [3.05, 3.63) is 99.5 Å². The van der Waals surface area contributed by atoms with Crippen molar-refractivity contribution in [3.63, 3.8) is 0 Å². The molecule has 0 aromatic heterocycles. The molecule has 0 saturated heterocycles. The molecule has 29 heavy (non-hydrogen) atoms. The smallest absolute Gasteiger partial charge is 0.124 e. The van der Waals surface area contributed by atoms with E-state index in [4.69, 9.17) is 4.74 Å². The molecule has 0 radical (unpaired) electrons. The molecule has 3 aromatic carbocycles. The van der Waals surface area contributed by atoms with Gasteiger partial charge in [0.25, 0.3) is 0 Å². The lowest BCUT2D eigenvalue weighted by Crippen LogP contribution is -2.21. The molecule has 0 aliphatic heterocycles. The van der Waals surface area contributed by atoms with Gasteiger partial charge in [-0.2, -0.15) is 0 Å². The van der Waals surface area contributed by atoms with Crippen molar-refractivity contribution in [1.82, 2.24) is 5.32 Å². The number of hydrogen-bond donors (Lipinski definition) is 1. The monoisotopic (exact) mass is 473 g/mol. The zero-order chi connectivity index (χ0) is 19.8. The maximum atomic E-state index is 6.16. The Morgan fingerprint density at radius 2 is 1.69 bits per heavy atom. The molecule has 0 amide bonds. The van der Waals surface area contributed by atoms with Crippen LogP contribution in [-0.2, 0) is 13.2 Å². The van der Waals surface area contributed by atoms with Gasteiger partial charge in [0, 0.05) is 22.6 Å². The third-order valence-corrected chi connectivity index (χ3v) is 5.35. The molecule has 3 rings (SSSR count). The van der Waals surface area contributed by atoms with Gasteiger partial charge in [-0.1, -0.05) is 89.4 Å². The molecule has 4 heteroatoms. The van der Waals surface area contributed by atoms with Crippen LogP contribution in [0.1, 0.15) is 48.1 Å². The molecule has 154 valence electrons. The third-order valence-electron chi connectivity index (χ3n) is 4.86. The second-order valence-electron chi connectivity index (χ2n) is 7.16. The van der Waals surface area contributed by atoms with Crippen molar-refractivity contribution in [2.45, 2.75) is 45.9 Å². The standard InChI is InChI=1S/C25H28BrNO.ClH/c1-3-7-24(21-8-5-4-6-9-21)27-17-22-16-23(26)14-15-25(22)28-18-20-12-10-19(2)11-13-20;/h4-6,8-16,24,27H,3,7,17-18H2,1-2H3;1H. The highest BCUT2D eigenvalue weighted by molar-refractivity contribution is 9.10. The molecular weight excluding hydrogens is 446 g/mol. The molecule has 0 aliphatic rings. The van der Waals surface area contributed by atoms with Gasteiger partial charge in [0.2, 0.25) is 0 Å². The van der Waals surface area contributed by atoms with Crippen LogP contribution in [0.15, 0.2) is 77.3 Å². The molecule has 1 unspecified atom stereocenters. The quantitative estimate of drug-likeness (QED) is 0.349. The molecular formula is C25H29BrClNO. The average molecular weight is 475 g/mol. The number of hydrogen-bond acceptors (Lipinski definition) is 2. The van der Waals surface area contributed by atoms with E-state index in [-0.39, 0.29) is 12.4 Å². The summed E-state index contributed by atoms with van der Waals surface area (Å²) in [5.74, 6) is 0.930. The van der Waals surface area contributed by atoms with Crippen molar-refractivity contribution >= 4 is 28.3 Å². The average Bonchev–Trinajstić information content (AvgIpc) is 2.72. The Balaban J connectivity index is 0.00000300. The molecule has 1 N–H and O–H groups in total. The van der Waals surface area contributed by atoms with Gasteiger partial charge in [-0.15, -0.1) is 12.4 Å². The first-order chi connectivity index (χ1) is 13.7. The van der Waals surface area contributed by atoms with E-state index in [9.17, 15) is 0 Å². The van der Waals surface area contributed by atoms with Gasteiger partial charge in [0.05, 0.1) is 0 Å². The Morgan fingerprint density at radius 1 is 0.966 bits per heavy atom. The zero-order valence-electron chi connectivity index (χ0n) is 17.0. The highest BCUT2D eigenvalue weighted by atomic mass is 79.9. The molecule has 1 atom stereocenters. The first-order valence-corrected chi connectivity index (χ1v) is 10.7. The molecule has 0 aliphatic carbocycles. The Bertz CT molecular complexity index is 868. The van der Waals surface area contributed by atoms with E-state index in [1.54, 1.807) is 0 Å². The molecule has 0 saturated carbocycles. The third kappa shape index (κ3) is 7.18. The van der Waals surface area contributed by atoms with E-state index in [0.717, 1.165) is 29.6 Å². The van der Waals surface area contributed by atoms with E-state index >= 15 is 0 Å². The maximum absolute atomic E-state index is 6.16. The summed E-state index contributed by atoms with van der Waals surface area (Å²) in [6.07, 6.45) is 2.25. The Kier molecular flexibility index (Phi) is 9.72. The van der Waals surface area contributed by atoms with Gasteiger partial charge in [-0.05, 0) is 42.7 Å². The Hall–Kier alpha value is -1.81. The predicted molar refractivity (Wildman–Crippen MR) is 128 cm³/mol. The minimum Gasteiger partial charge on any atom is -0.489 e. The number of ether oxygens (including phenoxy) is 1. The number of halogens is 2. The number of benzene rings is 3. The van der Waals surface area contributed by atoms with Gasteiger partial charge in [-0.25, -0.2) is 0 Å². The summed E-state index contributed by atoms with van der Waals surface area (Å²) in [4.78, 5) is 0. The molecule has 3 aromatic rings. The van der Waals surface area contributed by atoms with Crippen molar-refractivity contribution in [2.75, 3.05) is 0 Å². The SMILES string of the molecule is CCCC(NCc1cc(Br)ccc1OCc1ccc(C)cc1)c1ccccc1.Cl. The highest BCUT2D eigenvalue weighted by Crippen LogP contribution is 2.26. The van der Waals surface area contributed by atoms with E-state index in [1.807, 2.05) is 12.1 Å². The second-order valence-corrected chi connectivity index (χ2v) is 8.07. The van der Waals surface area contributed by atoms with Crippen LogP contribution in [0, 0.1) is 6.92 Å². The normalized spacial score (nSPS) is 11.6. The van der Waals surface area contributed by atoms with Crippen LogP contribution in [-0.4, -0.2) is 0 Å². The molecule has 0 bridgehead atoms. The summed E-state index contributed by atoms with van der Waals surface area (Å²) in [7, 11) is 0. The Morgan fingerprint density at radius 3 is 2.38 bits per heavy atom. The number of rotatable bonds is 9. The van der Waals surface area contributed by atoms with Crippen molar-refractivity contribution in [2.24, 2.45) is 0 Å². The van der Waals surface area contributed by atoms with Crippen LogP contribution in [0.3, 0.4) is 0 Å². The molecule has 0 spiro atoms. The van der Waals surface area contributed by atoms with Gasteiger partial charge in [0.15, 0.2) is 0 Å². The van der Waals surface area contributed by atoms with Crippen LogP contribution in [0.4, 0.5) is 0 Å². The van der Waals surface area contributed by atoms with Crippen LogP contribution in [0.5, 0.6) is 5.75 Å². The minimum atomic E-state index is 0. The fourth-order valence-electron chi connectivity index (χ4n) is 3.27. The van der Waals surface area contributed by atoms with E-state index in [0.29, 0.717) is 12.6 Å². The summed E-state index contributed by atoms with van der Waals surface area (Å²) in [5.41, 5.74) is 4.95. The lowest BCUT2D eigenvalue weighted by molar-refractivity contribution is 0.301. The molecule has 0 heterocycles. The van der Waals surface area contributed by atoms with Crippen LogP contribution in [0.25, 0.3) is 0 Å². The fraction of sp³-hybridized carbons (Fsp3) is 0.280. The maximum Gasteiger partial charge on any atom is 0.124 e. The minimum absolute atomic E-state index is 0. The van der Waals surface area contributed by atoms with Crippen LogP contribution < -0.4 is 10.1 Å². The zero-order valence-corrected chi connectivity index (χ0v) is 19.4. The van der Waals surface area contributed by atoms with Gasteiger partial charge in [0.1, 0.15) is 12.4 Å². The van der Waals surface area contributed by atoms with E-state index in [2.05, 4.69) is 95.8 Å². The lowest BCUT2D eigenvalue weighted by Gasteiger charge is -2.20. The second kappa shape index (κ2) is 12.0. The first kappa shape index (κ1) is 23.5. The van der Waals surface area contributed by atoms with E-state index < -0.39 is 0 Å². The largest absolute Gasteiger partial charge is 0.489 e. The van der Waals surface area contributed by atoms with Crippen LogP contribution >= 0.6 is 28.3 Å². The lowest BCUT2D eigenvalue weighted by atomic mass is 10.0. The summed E-state index contributed by atoms with van der Waals surface area (Å²) in [6, 6.07) is 25.7. The number of nitrogens with one attached hydrogen (secondary N) is 1. The van der Waals surface area contributed by atoms with Crippen LogP contribution in [0.2, 0.25) is 0 Å². The molecule has 2 nitrogen and oxygen atoms in total. The molecule has 0 fully saturated rings. The number of aryl methyl sites for hydroxylation is 1. The van der Waals surface area contributed by atoms with Crippen molar-refractivity contribution < 1.29 is 4.74 Å². The van der Waals surface area contributed by atoms with Gasteiger partial charge < -0.3 is 10.1 Å². The first-order valence-electron chi connectivity index (χ1n) is 9.91. The predicted octanol–water partition coefficient (Wildman–Crippen LogP) is 7.39. The van der Waals surface area contributed by atoms with E-state index in [1.165, 1.54) is 22.3 Å². The van der Waals surface area contributed by atoms with Gasteiger partial charge in [-0.3, -0.25) is 0 Å². The Labute approximate surface area is 189 Å². The summed E-state index contributed by atoms with van der Waals surface area (Å²) >= 11 is 3.60. The summed E-state index contributed by atoms with van der Waals surface area (Å²) in [5, 5.41) is 3.73. The van der Waals surface area contributed by atoms with Gasteiger partial charge >= 0.3 is 0 Å². The summed E-state index contributed by atoms with van der Waals surface area (Å²) in [6.45, 7) is 5.67. The topological polar surface area (TPSA) is 21.3 Å². The van der Waals surface area contributed by atoms with Crippen molar-refractivity contribution in [3.8, 4) is 5.75 Å².